The van der Waals surface area contributed by atoms with Crippen LogP contribution in [0.2, 0.25) is 0 Å². The quantitative estimate of drug-likeness (QED) is 0.646. The molecule has 0 fully saturated rings. The fourth-order valence-corrected chi connectivity index (χ4v) is 2.72. The first-order valence-corrected chi connectivity index (χ1v) is 8.48. The second-order valence-corrected chi connectivity index (χ2v) is 6.43. The number of nitrogens with two attached hydrogens (primary N) is 1. The molecule has 8 heteroatoms. The van der Waals surface area contributed by atoms with Crippen molar-refractivity contribution >= 4 is 39.0 Å². The van der Waals surface area contributed by atoms with Gasteiger partial charge in [0.05, 0.1) is 17.1 Å². The molecule has 1 amide bonds. The highest BCUT2D eigenvalue weighted by Crippen LogP contribution is 2.16. The Morgan fingerprint density at radius 3 is 2.92 bits per heavy atom. The molecular weight excluding hydrogens is 400 g/mol. The lowest BCUT2D eigenvalue weighted by Crippen LogP contribution is -2.20. The van der Waals surface area contributed by atoms with Crippen molar-refractivity contribution in [3.8, 4) is 5.75 Å². The van der Waals surface area contributed by atoms with Gasteiger partial charge in [0.2, 0.25) is 0 Å². The molecule has 7 nitrogen and oxygen atoms in total. The lowest BCUT2D eigenvalue weighted by atomic mass is 10.2. The highest BCUT2D eigenvalue weighted by molar-refractivity contribution is 9.10. The topological polar surface area (TPSA) is 99.6 Å². The van der Waals surface area contributed by atoms with Gasteiger partial charge in [0, 0.05) is 4.47 Å². The first-order valence-electron chi connectivity index (χ1n) is 7.68. The zero-order valence-corrected chi connectivity index (χ0v) is 15.4. The van der Waals surface area contributed by atoms with Crippen molar-refractivity contribution in [3.63, 3.8) is 0 Å². The number of rotatable bonds is 5. The fraction of sp³-hybridized carbons (Fsp3) is 0.111. The van der Waals surface area contributed by atoms with Gasteiger partial charge in [0.1, 0.15) is 11.6 Å². The maximum absolute atomic E-state index is 12.7. The fourth-order valence-electron chi connectivity index (χ4n) is 2.36. The number of benzene rings is 2. The number of carbonyl (C=O) groups is 1. The summed E-state index contributed by atoms with van der Waals surface area (Å²) in [7, 11) is 0. The standard InChI is InChI=1S/C18H15BrN4O3/c1-11-22-16-6-5-13(19)8-15(16)18(25)23(11)21-9-12-3-2-4-14(7-12)26-10-17(20)24/h2-9H,10H2,1H3,(H2,20,24). The number of fused-ring (bicyclic) bond motifs is 1. The number of aryl methyl sites for hydroxylation is 1. The van der Waals surface area contributed by atoms with Crippen LogP contribution in [0.1, 0.15) is 11.4 Å². The molecule has 0 aliphatic rings. The third-order valence-corrected chi connectivity index (χ3v) is 4.02. The Morgan fingerprint density at radius 2 is 2.15 bits per heavy atom. The number of carbonyl (C=O) groups excluding carboxylic acids is 1. The summed E-state index contributed by atoms with van der Waals surface area (Å²) >= 11 is 3.36. The van der Waals surface area contributed by atoms with Crippen LogP contribution >= 0.6 is 15.9 Å². The van der Waals surface area contributed by atoms with Crippen LogP contribution < -0.4 is 16.0 Å². The van der Waals surface area contributed by atoms with Crippen LogP contribution in [-0.2, 0) is 4.79 Å². The minimum absolute atomic E-state index is 0.206. The largest absolute Gasteiger partial charge is 0.484 e. The molecule has 3 rings (SSSR count). The number of hydrogen-bond donors (Lipinski definition) is 1. The van der Waals surface area contributed by atoms with Crippen LogP contribution in [0, 0.1) is 6.92 Å². The van der Waals surface area contributed by atoms with Crippen LogP contribution in [-0.4, -0.2) is 28.4 Å². The van der Waals surface area contributed by atoms with Crippen molar-refractivity contribution in [2.45, 2.75) is 6.92 Å². The van der Waals surface area contributed by atoms with Gasteiger partial charge in [-0.25, -0.2) is 4.98 Å². The minimum Gasteiger partial charge on any atom is -0.484 e. The molecule has 0 atom stereocenters. The lowest BCUT2D eigenvalue weighted by Gasteiger charge is -2.06. The Balaban J connectivity index is 1.95. The molecule has 2 N–H and O–H groups in total. The van der Waals surface area contributed by atoms with Crippen LogP contribution in [0.5, 0.6) is 5.75 Å². The van der Waals surface area contributed by atoms with Crippen molar-refractivity contribution < 1.29 is 9.53 Å². The number of primary amides is 1. The first-order chi connectivity index (χ1) is 12.4. The summed E-state index contributed by atoms with van der Waals surface area (Å²) in [5, 5.41) is 4.72. The number of hydrogen-bond acceptors (Lipinski definition) is 5. The van der Waals surface area contributed by atoms with Crippen molar-refractivity contribution in [2.24, 2.45) is 10.8 Å². The van der Waals surface area contributed by atoms with E-state index in [1.807, 2.05) is 6.07 Å². The zero-order valence-electron chi connectivity index (χ0n) is 13.8. The summed E-state index contributed by atoms with van der Waals surface area (Å²) in [5.41, 5.74) is 6.12. The second kappa shape index (κ2) is 7.49. The molecule has 0 radical (unpaired) electrons. The van der Waals surface area contributed by atoms with Crippen molar-refractivity contribution in [1.29, 1.82) is 0 Å². The minimum atomic E-state index is -0.556. The first kappa shape index (κ1) is 17.8. The summed E-state index contributed by atoms with van der Waals surface area (Å²) in [6.45, 7) is 1.51. The SMILES string of the molecule is Cc1nc2ccc(Br)cc2c(=O)n1N=Cc1cccc(OCC(N)=O)c1. The van der Waals surface area contributed by atoms with Crippen molar-refractivity contribution in [1.82, 2.24) is 9.66 Å². The van der Waals surface area contributed by atoms with E-state index in [1.54, 1.807) is 43.3 Å². The van der Waals surface area contributed by atoms with Gasteiger partial charge in [-0.2, -0.15) is 9.78 Å². The molecule has 2 aromatic carbocycles. The molecule has 0 saturated heterocycles. The summed E-state index contributed by atoms with van der Waals surface area (Å²) in [6.07, 6.45) is 1.52. The van der Waals surface area contributed by atoms with Gasteiger partial charge in [-0.05, 0) is 42.8 Å². The van der Waals surface area contributed by atoms with Gasteiger partial charge in [-0.3, -0.25) is 9.59 Å². The van der Waals surface area contributed by atoms with Gasteiger partial charge in [-0.1, -0.05) is 28.1 Å². The number of amides is 1. The van der Waals surface area contributed by atoms with E-state index in [0.29, 0.717) is 28.0 Å². The molecule has 0 unspecified atom stereocenters. The molecule has 26 heavy (non-hydrogen) atoms. The molecule has 0 saturated carbocycles. The Bertz CT molecular complexity index is 1080. The van der Waals surface area contributed by atoms with Crippen molar-refractivity contribution in [2.75, 3.05) is 6.61 Å². The van der Waals surface area contributed by atoms with Crippen LogP contribution in [0.3, 0.4) is 0 Å². The van der Waals surface area contributed by atoms with E-state index in [-0.39, 0.29) is 12.2 Å². The normalized spacial score (nSPS) is 11.2. The Labute approximate surface area is 157 Å². The van der Waals surface area contributed by atoms with Gasteiger partial charge < -0.3 is 10.5 Å². The van der Waals surface area contributed by atoms with E-state index >= 15 is 0 Å². The van der Waals surface area contributed by atoms with Gasteiger partial charge in [0.15, 0.2) is 6.61 Å². The van der Waals surface area contributed by atoms with E-state index in [0.717, 1.165) is 4.47 Å². The predicted molar refractivity (Wildman–Crippen MR) is 103 cm³/mol. The van der Waals surface area contributed by atoms with Crippen LogP contribution in [0.25, 0.3) is 10.9 Å². The Kier molecular flexibility index (Phi) is 5.13. The molecule has 0 spiro atoms. The average Bonchev–Trinajstić information content (AvgIpc) is 2.61. The summed E-state index contributed by atoms with van der Waals surface area (Å²) in [6, 6.07) is 12.3. The summed E-state index contributed by atoms with van der Waals surface area (Å²) < 4.78 is 7.29. The number of halogens is 1. The highest BCUT2D eigenvalue weighted by atomic mass is 79.9. The van der Waals surface area contributed by atoms with Gasteiger partial charge in [-0.15, -0.1) is 0 Å². The Morgan fingerprint density at radius 1 is 1.35 bits per heavy atom. The van der Waals surface area contributed by atoms with Crippen LogP contribution in [0.15, 0.2) is 56.8 Å². The van der Waals surface area contributed by atoms with E-state index in [9.17, 15) is 9.59 Å². The van der Waals surface area contributed by atoms with E-state index in [4.69, 9.17) is 10.5 Å². The van der Waals surface area contributed by atoms with E-state index < -0.39 is 5.91 Å². The van der Waals surface area contributed by atoms with Crippen LogP contribution in [0.4, 0.5) is 0 Å². The Hall–Kier alpha value is -3.00. The molecule has 1 heterocycles. The van der Waals surface area contributed by atoms with Gasteiger partial charge >= 0.3 is 0 Å². The molecule has 0 aliphatic carbocycles. The lowest BCUT2D eigenvalue weighted by molar-refractivity contribution is -0.119. The maximum atomic E-state index is 12.7. The molecular formula is C18H15BrN4O3. The average molecular weight is 415 g/mol. The third-order valence-electron chi connectivity index (χ3n) is 3.53. The third kappa shape index (κ3) is 3.97. The molecule has 1 aromatic heterocycles. The van der Waals surface area contributed by atoms with E-state index in [1.165, 1.54) is 10.9 Å². The second-order valence-electron chi connectivity index (χ2n) is 5.51. The zero-order chi connectivity index (χ0) is 18.7. The molecule has 0 aliphatic heterocycles. The number of ether oxygens (including phenoxy) is 1. The molecule has 132 valence electrons. The highest BCUT2D eigenvalue weighted by Gasteiger charge is 2.07. The predicted octanol–water partition coefficient (Wildman–Crippen LogP) is 2.21. The summed E-state index contributed by atoms with van der Waals surface area (Å²) in [4.78, 5) is 27.9. The molecule has 3 aromatic rings. The van der Waals surface area contributed by atoms with Crippen molar-refractivity contribution in [3.05, 3.63) is 68.7 Å². The number of nitrogens with zero attached hydrogens (tertiary/aromatic N) is 3. The smallest absolute Gasteiger partial charge is 0.282 e. The monoisotopic (exact) mass is 414 g/mol. The number of aromatic nitrogens is 2. The van der Waals surface area contributed by atoms with Gasteiger partial charge in [0.25, 0.3) is 11.5 Å². The maximum Gasteiger partial charge on any atom is 0.282 e. The molecule has 0 bridgehead atoms. The summed E-state index contributed by atoms with van der Waals surface area (Å²) in [5.74, 6) is 0.402. The van der Waals surface area contributed by atoms with E-state index in [2.05, 4.69) is 26.0 Å².